The number of rotatable bonds is 6. The number of hydrogen-bond donors (Lipinski definition) is 3. The van der Waals surface area contributed by atoms with E-state index in [-0.39, 0.29) is 5.82 Å². The van der Waals surface area contributed by atoms with Gasteiger partial charge in [-0.25, -0.2) is 14.2 Å². The normalized spacial score (nSPS) is 14.9. The molecule has 1 saturated heterocycles. The summed E-state index contributed by atoms with van der Waals surface area (Å²) in [7, 11) is 0. The molecule has 2 aromatic carbocycles. The number of carbonyl (C=O) groups is 1. The predicted molar refractivity (Wildman–Crippen MR) is 122 cm³/mol. The van der Waals surface area contributed by atoms with Crippen LogP contribution >= 0.6 is 11.6 Å². The molecule has 1 aliphatic rings. The van der Waals surface area contributed by atoms with Crippen LogP contribution in [0.25, 0.3) is 11.4 Å². The van der Waals surface area contributed by atoms with Gasteiger partial charge in [-0.3, -0.25) is 10.00 Å². The minimum Gasteiger partial charge on any atom is -0.475 e. The molecule has 188 valence electrons. The number of H-pyrrole nitrogens is 1. The summed E-state index contributed by atoms with van der Waals surface area (Å²) < 4.78 is 45.7. The third-order valence-corrected chi connectivity index (χ3v) is 5.84. The average Bonchev–Trinajstić information content (AvgIpc) is 3.36. The van der Waals surface area contributed by atoms with E-state index >= 15 is 0 Å². The van der Waals surface area contributed by atoms with Crippen LogP contribution in [-0.2, 0) is 17.9 Å². The molecule has 2 heterocycles. The molecule has 4 rings (SSSR count). The summed E-state index contributed by atoms with van der Waals surface area (Å²) in [5.74, 6) is -2.20. The van der Waals surface area contributed by atoms with Crippen LogP contribution in [0.3, 0.4) is 0 Å². The lowest BCUT2D eigenvalue weighted by Crippen LogP contribution is -2.42. The molecule has 35 heavy (non-hydrogen) atoms. The van der Waals surface area contributed by atoms with Gasteiger partial charge >= 0.3 is 12.1 Å². The van der Waals surface area contributed by atoms with Gasteiger partial charge in [0.1, 0.15) is 12.1 Å². The Bertz CT molecular complexity index is 1080. The van der Waals surface area contributed by atoms with Crippen molar-refractivity contribution in [1.82, 2.24) is 25.4 Å². The number of alkyl halides is 3. The number of hydrogen-bond acceptors (Lipinski definition) is 5. The molecule has 0 amide bonds. The van der Waals surface area contributed by atoms with Gasteiger partial charge in [-0.2, -0.15) is 18.3 Å². The maximum atomic E-state index is 14.0. The maximum absolute atomic E-state index is 14.0. The van der Waals surface area contributed by atoms with Crippen LogP contribution in [0.2, 0.25) is 5.02 Å². The van der Waals surface area contributed by atoms with Crippen LogP contribution < -0.4 is 5.32 Å². The van der Waals surface area contributed by atoms with Crippen LogP contribution in [0.1, 0.15) is 24.0 Å². The molecule has 3 aromatic rings. The first kappa shape index (κ1) is 26.6. The Balaban J connectivity index is 0.000000429. The summed E-state index contributed by atoms with van der Waals surface area (Å²) in [5.41, 5.74) is 2.85. The predicted octanol–water partition coefficient (Wildman–Crippen LogP) is 4.65. The zero-order chi connectivity index (χ0) is 25.4. The molecule has 0 atom stereocenters. The van der Waals surface area contributed by atoms with E-state index < -0.39 is 12.1 Å². The SMILES string of the molecule is Fc1cccc(Cl)c1CN1CCC(NCc2cccc(-c3ncn[nH]3)c2)CC1.O=C(O)C(F)(F)F. The van der Waals surface area contributed by atoms with Crippen LogP contribution in [0.5, 0.6) is 0 Å². The van der Waals surface area contributed by atoms with Gasteiger partial charge in [0, 0.05) is 35.3 Å². The first-order valence-corrected chi connectivity index (χ1v) is 11.1. The minimum absolute atomic E-state index is 0.223. The number of benzene rings is 2. The van der Waals surface area contributed by atoms with Crippen molar-refractivity contribution in [3.63, 3.8) is 0 Å². The van der Waals surface area contributed by atoms with Gasteiger partial charge in [-0.05, 0) is 49.7 Å². The highest BCUT2D eigenvalue weighted by molar-refractivity contribution is 6.31. The van der Waals surface area contributed by atoms with Crippen molar-refractivity contribution in [2.75, 3.05) is 13.1 Å². The molecule has 7 nitrogen and oxygen atoms in total. The Morgan fingerprint density at radius 3 is 2.49 bits per heavy atom. The van der Waals surface area contributed by atoms with Crippen molar-refractivity contribution in [2.45, 2.75) is 38.1 Å². The zero-order valence-electron chi connectivity index (χ0n) is 18.5. The number of halogens is 5. The fraction of sp³-hybridized carbons (Fsp3) is 0.348. The molecule has 1 aliphatic heterocycles. The van der Waals surface area contributed by atoms with E-state index in [9.17, 15) is 17.6 Å². The molecule has 0 saturated carbocycles. The highest BCUT2D eigenvalue weighted by atomic mass is 35.5. The average molecular weight is 514 g/mol. The lowest BCUT2D eigenvalue weighted by atomic mass is 10.0. The van der Waals surface area contributed by atoms with E-state index in [4.69, 9.17) is 21.5 Å². The Labute approximate surface area is 204 Å². The van der Waals surface area contributed by atoms with Gasteiger partial charge in [0.25, 0.3) is 0 Å². The van der Waals surface area contributed by atoms with E-state index in [1.54, 1.807) is 12.1 Å². The van der Waals surface area contributed by atoms with Gasteiger partial charge in [0.05, 0.1) is 0 Å². The summed E-state index contributed by atoms with van der Waals surface area (Å²) in [5, 5.41) is 18.1. The first-order chi connectivity index (χ1) is 16.6. The summed E-state index contributed by atoms with van der Waals surface area (Å²) in [4.78, 5) is 15.4. The molecule has 12 heteroatoms. The smallest absolute Gasteiger partial charge is 0.475 e. The molecule has 3 N–H and O–H groups in total. The number of carboxylic acid groups (broad SMARTS) is 1. The molecule has 0 aliphatic carbocycles. The minimum atomic E-state index is -5.08. The van der Waals surface area contributed by atoms with Crippen molar-refractivity contribution in [1.29, 1.82) is 0 Å². The van der Waals surface area contributed by atoms with Gasteiger partial charge in [0.15, 0.2) is 5.82 Å². The number of likely N-dealkylation sites (tertiary alicyclic amines) is 1. The highest BCUT2D eigenvalue weighted by Crippen LogP contribution is 2.23. The largest absolute Gasteiger partial charge is 0.490 e. The molecular weight excluding hydrogens is 490 g/mol. The van der Waals surface area contributed by atoms with Gasteiger partial charge < -0.3 is 10.4 Å². The van der Waals surface area contributed by atoms with E-state index in [1.807, 2.05) is 12.1 Å². The van der Waals surface area contributed by atoms with E-state index in [2.05, 4.69) is 37.5 Å². The van der Waals surface area contributed by atoms with Gasteiger partial charge in [0.2, 0.25) is 0 Å². The van der Waals surface area contributed by atoms with E-state index in [0.29, 0.717) is 23.2 Å². The number of carboxylic acids is 1. The van der Waals surface area contributed by atoms with Crippen molar-refractivity contribution in [3.05, 3.63) is 70.8 Å². The van der Waals surface area contributed by atoms with Crippen LogP contribution in [-0.4, -0.2) is 56.5 Å². The van der Waals surface area contributed by atoms with E-state index in [0.717, 1.165) is 43.9 Å². The zero-order valence-corrected chi connectivity index (χ0v) is 19.3. The Kier molecular flexibility index (Phi) is 9.19. The van der Waals surface area contributed by atoms with E-state index in [1.165, 1.54) is 18.0 Å². The highest BCUT2D eigenvalue weighted by Gasteiger charge is 2.38. The fourth-order valence-electron chi connectivity index (χ4n) is 3.64. The summed E-state index contributed by atoms with van der Waals surface area (Å²) in [6.07, 6.45) is -1.50. The lowest BCUT2D eigenvalue weighted by molar-refractivity contribution is -0.192. The second kappa shape index (κ2) is 12.1. The second-order valence-corrected chi connectivity index (χ2v) is 8.38. The van der Waals surface area contributed by atoms with Crippen LogP contribution in [0, 0.1) is 5.82 Å². The molecule has 1 aromatic heterocycles. The second-order valence-electron chi connectivity index (χ2n) is 7.97. The quantitative estimate of drug-likeness (QED) is 0.415. The fourth-order valence-corrected chi connectivity index (χ4v) is 3.86. The maximum Gasteiger partial charge on any atom is 0.490 e. The number of aromatic nitrogens is 3. The van der Waals surface area contributed by atoms with Crippen molar-refractivity contribution < 1.29 is 27.5 Å². The van der Waals surface area contributed by atoms with Crippen molar-refractivity contribution in [3.8, 4) is 11.4 Å². The summed E-state index contributed by atoms with van der Waals surface area (Å²) >= 11 is 6.16. The van der Waals surface area contributed by atoms with Crippen molar-refractivity contribution >= 4 is 17.6 Å². The number of piperidine rings is 1. The topological polar surface area (TPSA) is 94.1 Å². The molecule has 1 fully saturated rings. The molecule has 0 bridgehead atoms. The first-order valence-electron chi connectivity index (χ1n) is 10.8. The van der Waals surface area contributed by atoms with Crippen LogP contribution in [0.15, 0.2) is 48.8 Å². The van der Waals surface area contributed by atoms with Gasteiger partial charge in [-0.15, -0.1) is 0 Å². The number of nitrogens with one attached hydrogen (secondary N) is 2. The Morgan fingerprint density at radius 1 is 1.20 bits per heavy atom. The summed E-state index contributed by atoms with van der Waals surface area (Å²) in [6.45, 7) is 3.24. The number of aromatic amines is 1. The van der Waals surface area contributed by atoms with Gasteiger partial charge in [-0.1, -0.05) is 35.9 Å². The molecule has 0 radical (unpaired) electrons. The standard InChI is InChI=1S/C21H23ClFN5.C2HF3O2/c22-19-5-2-6-20(23)18(19)13-28-9-7-17(8-10-28)24-12-15-3-1-4-16(11-15)21-25-14-26-27-21;3-2(4,5)1(6)7/h1-6,11,14,17,24H,7-10,12-13H2,(H,25,26,27);(H,6,7). The molecular formula is C23H24ClF4N5O2. The monoisotopic (exact) mass is 513 g/mol. The third kappa shape index (κ3) is 8.01. The molecule has 0 spiro atoms. The third-order valence-electron chi connectivity index (χ3n) is 5.48. The summed E-state index contributed by atoms with van der Waals surface area (Å²) in [6, 6.07) is 13.6. The lowest BCUT2D eigenvalue weighted by Gasteiger charge is -2.32. The van der Waals surface area contributed by atoms with Crippen molar-refractivity contribution in [2.24, 2.45) is 0 Å². The molecule has 0 unspecified atom stereocenters. The Hall–Kier alpha value is -3.02. The van der Waals surface area contributed by atoms with Crippen LogP contribution in [0.4, 0.5) is 17.6 Å². The number of nitrogens with zero attached hydrogens (tertiary/aromatic N) is 3. The number of aliphatic carboxylic acids is 1. The Morgan fingerprint density at radius 2 is 1.89 bits per heavy atom.